The number of benzene rings is 2. The van der Waals surface area contributed by atoms with Gasteiger partial charge in [-0.05, 0) is 36.4 Å². The lowest BCUT2D eigenvalue weighted by Crippen LogP contribution is -1.95. The fourth-order valence-electron chi connectivity index (χ4n) is 2.04. The number of nitrogen functional groups attached to an aromatic ring is 1. The Hall–Kier alpha value is -2.58. The summed E-state index contributed by atoms with van der Waals surface area (Å²) in [6.45, 7) is 0. The molecule has 4 nitrogen and oxygen atoms in total. The molecule has 0 aliphatic heterocycles. The summed E-state index contributed by atoms with van der Waals surface area (Å²) in [4.78, 5) is 4.26. The molecule has 0 unspecified atom stereocenters. The van der Waals surface area contributed by atoms with Crippen LogP contribution in [0.25, 0.3) is 10.8 Å². The minimum atomic E-state index is 0.405. The summed E-state index contributed by atoms with van der Waals surface area (Å²) < 4.78 is 6.78. The minimum absolute atomic E-state index is 0.405. The van der Waals surface area contributed by atoms with Crippen LogP contribution in [0.1, 0.15) is 5.56 Å². The standard InChI is InChI=1S/C16H10BrN3O/c17-13-3-1-2-12-11(13)6-7-20-16(12)21-15-5-4-10(9-18)8-14(15)19/h1-8H,19H2. The van der Waals surface area contributed by atoms with E-state index in [9.17, 15) is 0 Å². The maximum Gasteiger partial charge on any atom is 0.227 e. The van der Waals surface area contributed by atoms with Gasteiger partial charge in [0.2, 0.25) is 5.88 Å². The fourth-order valence-corrected chi connectivity index (χ4v) is 2.54. The molecule has 3 aromatic rings. The van der Waals surface area contributed by atoms with Gasteiger partial charge in [0.05, 0.1) is 17.3 Å². The molecule has 0 spiro atoms. The van der Waals surface area contributed by atoms with Crippen LogP contribution in [0.15, 0.2) is 53.1 Å². The number of nitrogens with two attached hydrogens (primary N) is 1. The van der Waals surface area contributed by atoms with Gasteiger partial charge in [0.15, 0.2) is 5.75 Å². The maximum atomic E-state index is 8.85. The van der Waals surface area contributed by atoms with E-state index in [1.54, 1.807) is 24.4 Å². The van der Waals surface area contributed by atoms with Gasteiger partial charge in [-0.2, -0.15) is 5.26 Å². The van der Waals surface area contributed by atoms with Gasteiger partial charge >= 0.3 is 0 Å². The minimum Gasteiger partial charge on any atom is -0.436 e. The van der Waals surface area contributed by atoms with Crippen molar-refractivity contribution in [3.63, 3.8) is 0 Å². The van der Waals surface area contributed by atoms with Crippen molar-refractivity contribution in [2.75, 3.05) is 5.73 Å². The molecule has 0 fully saturated rings. The molecule has 2 N–H and O–H groups in total. The Morgan fingerprint density at radius 1 is 1.14 bits per heavy atom. The van der Waals surface area contributed by atoms with E-state index in [2.05, 4.69) is 20.9 Å². The number of fused-ring (bicyclic) bond motifs is 1. The number of pyridine rings is 1. The van der Waals surface area contributed by atoms with Crippen molar-refractivity contribution in [3.05, 3.63) is 58.7 Å². The lowest BCUT2D eigenvalue weighted by molar-refractivity contribution is 0.471. The summed E-state index contributed by atoms with van der Waals surface area (Å²) in [6, 6.07) is 14.7. The predicted molar refractivity (Wildman–Crippen MR) is 85.1 cm³/mol. The summed E-state index contributed by atoms with van der Waals surface area (Å²) >= 11 is 3.51. The molecule has 1 aromatic heterocycles. The van der Waals surface area contributed by atoms with Crippen LogP contribution < -0.4 is 10.5 Å². The summed E-state index contributed by atoms with van der Waals surface area (Å²) in [6.07, 6.45) is 1.68. The van der Waals surface area contributed by atoms with E-state index in [-0.39, 0.29) is 0 Å². The van der Waals surface area contributed by atoms with Gasteiger partial charge in [0, 0.05) is 21.4 Å². The number of aromatic nitrogens is 1. The molecular formula is C16H10BrN3O. The van der Waals surface area contributed by atoms with Crippen LogP contribution in [0.5, 0.6) is 11.6 Å². The molecule has 0 aliphatic carbocycles. The Kier molecular flexibility index (Phi) is 3.46. The third-order valence-corrected chi connectivity index (χ3v) is 3.75. The van der Waals surface area contributed by atoms with Crippen molar-refractivity contribution >= 4 is 32.4 Å². The number of nitriles is 1. The zero-order valence-electron chi connectivity index (χ0n) is 10.9. The third kappa shape index (κ3) is 2.54. The normalized spacial score (nSPS) is 10.3. The molecule has 0 aliphatic rings. The van der Waals surface area contributed by atoms with Gasteiger partial charge in [-0.3, -0.25) is 0 Å². The number of ether oxygens (including phenoxy) is 1. The molecule has 21 heavy (non-hydrogen) atoms. The van der Waals surface area contributed by atoms with Crippen molar-refractivity contribution in [2.45, 2.75) is 0 Å². The third-order valence-electron chi connectivity index (χ3n) is 3.06. The molecule has 2 aromatic carbocycles. The van der Waals surface area contributed by atoms with E-state index in [1.165, 1.54) is 0 Å². The van der Waals surface area contributed by atoms with Crippen LogP contribution in [0.3, 0.4) is 0 Å². The first kappa shape index (κ1) is 13.4. The van der Waals surface area contributed by atoms with Gasteiger partial charge in [0.1, 0.15) is 0 Å². The Balaban J connectivity index is 2.07. The summed E-state index contributed by atoms with van der Waals surface area (Å²) in [5, 5.41) is 10.7. The topological polar surface area (TPSA) is 71.9 Å². The van der Waals surface area contributed by atoms with Crippen LogP contribution >= 0.6 is 15.9 Å². The van der Waals surface area contributed by atoms with Crippen LogP contribution in [-0.4, -0.2) is 4.98 Å². The first-order valence-electron chi connectivity index (χ1n) is 6.20. The molecule has 0 atom stereocenters. The molecule has 0 saturated carbocycles. The average Bonchev–Trinajstić information content (AvgIpc) is 2.50. The van der Waals surface area contributed by atoms with Gasteiger partial charge < -0.3 is 10.5 Å². The van der Waals surface area contributed by atoms with Gasteiger partial charge in [0.25, 0.3) is 0 Å². The Labute approximate surface area is 129 Å². The number of hydrogen-bond acceptors (Lipinski definition) is 4. The quantitative estimate of drug-likeness (QED) is 0.708. The summed E-state index contributed by atoms with van der Waals surface area (Å²) in [5.41, 5.74) is 6.80. The van der Waals surface area contributed by atoms with Crippen molar-refractivity contribution in [1.82, 2.24) is 4.98 Å². The number of hydrogen-bond donors (Lipinski definition) is 1. The van der Waals surface area contributed by atoms with E-state index in [0.717, 1.165) is 15.2 Å². The Morgan fingerprint density at radius 3 is 2.76 bits per heavy atom. The van der Waals surface area contributed by atoms with Crippen LogP contribution in [0.4, 0.5) is 5.69 Å². The molecule has 0 bridgehead atoms. The second-order valence-electron chi connectivity index (χ2n) is 4.42. The second-order valence-corrected chi connectivity index (χ2v) is 5.27. The Morgan fingerprint density at radius 2 is 2.00 bits per heavy atom. The number of rotatable bonds is 2. The molecule has 0 radical (unpaired) electrons. The van der Waals surface area contributed by atoms with Crippen molar-refractivity contribution in [2.24, 2.45) is 0 Å². The largest absolute Gasteiger partial charge is 0.436 e. The van der Waals surface area contributed by atoms with Gasteiger partial charge in [-0.1, -0.05) is 22.0 Å². The summed E-state index contributed by atoms with van der Waals surface area (Å²) in [5.74, 6) is 0.958. The van der Waals surface area contributed by atoms with Crippen LogP contribution in [0.2, 0.25) is 0 Å². The van der Waals surface area contributed by atoms with E-state index in [0.29, 0.717) is 22.9 Å². The fraction of sp³-hybridized carbons (Fsp3) is 0. The molecular weight excluding hydrogens is 330 g/mol. The van der Waals surface area contributed by atoms with Crippen molar-refractivity contribution in [1.29, 1.82) is 5.26 Å². The highest BCUT2D eigenvalue weighted by molar-refractivity contribution is 9.10. The highest BCUT2D eigenvalue weighted by atomic mass is 79.9. The lowest BCUT2D eigenvalue weighted by atomic mass is 10.2. The zero-order chi connectivity index (χ0) is 14.8. The zero-order valence-corrected chi connectivity index (χ0v) is 12.5. The van der Waals surface area contributed by atoms with Crippen LogP contribution in [-0.2, 0) is 0 Å². The van der Waals surface area contributed by atoms with Crippen LogP contribution in [0, 0.1) is 11.3 Å². The van der Waals surface area contributed by atoms with Crippen molar-refractivity contribution in [3.8, 4) is 17.7 Å². The van der Waals surface area contributed by atoms with Crippen molar-refractivity contribution < 1.29 is 4.74 Å². The first-order chi connectivity index (χ1) is 10.2. The maximum absolute atomic E-state index is 8.85. The molecule has 0 saturated heterocycles. The first-order valence-corrected chi connectivity index (χ1v) is 6.99. The molecule has 5 heteroatoms. The van der Waals surface area contributed by atoms with Gasteiger partial charge in [-0.25, -0.2) is 4.98 Å². The number of anilines is 1. The lowest BCUT2D eigenvalue weighted by Gasteiger charge is -2.10. The van der Waals surface area contributed by atoms with E-state index in [4.69, 9.17) is 15.7 Å². The molecule has 1 heterocycles. The molecule has 0 amide bonds. The smallest absolute Gasteiger partial charge is 0.227 e. The highest BCUT2D eigenvalue weighted by Crippen LogP contribution is 2.33. The molecule has 3 rings (SSSR count). The average molecular weight is 340 g/mol. The SMILES string of the molecule is N#Cc1ccc(Oc2nccc3c(Br)cccc23)c(N)c1. The van der Waals surface area contributed by atoms with Gasteiger partial charge in [-0.15, -0.1) is 0 Å². The monoisotopic (exact) mass is 339 g/mol. The van der Waals surface area contributed by atoms with E-state index < -0.39 is 0 Å². The van der Waals surface area contributed by atoms with E-state index >= 15 is 0 Å². The number of halogens is 1. The summed E-state index contributed by atoms with van der Waals surface area (Å²) in [7, 11) is 0. The predicted octanol–water partition coefficient (Wildman–Crippen LogP) is 4.24. The second kappa shape index (κ2) is 5.43. The molecule has 102 valence electrons. The number of nitrogens with zero attached hydrogens (tertiary/aromatic N) is 2. The van der Waals surface area contributed by atoms with E-state index in [1.807, 2.05) is 30.3 Å². The Bertz CT molecular complexity index is 871. The highest BCUT2D eigenvalue weighted by Gasteiger charge is 2.09.